The van der Waals surface area contributed by atoms with Crippen LogP contribution in [0, 0.1) is 5.82 Å². The van der Waals surface area contributed by atoms with E-state index in [0.717, 1.165) is 18.5 Å². The first-order chi connectivity index (χ1) is 10.1. The summed E-state index contributed by atoms with van der Waals surface area (Å²) < 4.78 is 12.9. The predicted molar refractivity (Wildman–Crippen MR) is 86.8 cm³/mol. The van der Waals surface area contributed by atoms with Gasteiger partial charge in [0.15, 0.2) is 0 Å². The monoisotopic (exact) mass is 327 g/mol. The fourth-order valence-electron chi connectivity index (χ4n) is 1.75. The maximum atomic E-state index is 12.9. The number of pyridine rings is 1. The van der Waals surface area contributed by atoms with Gasteiger partial charge in [0.25, 0.3) is 0 Å². The lowest BCUT2D eigenvalue weighted by molar-refractivity contribution is 0.627. The number of benzene rings is 1. The highest BCUT2D eigenvalue weighted by molar-refractivity contribution is 6.37. The number of rotatable bonds is 6. The summed E-state index contributed by atoms with van der Waals surface area (Å²) in [5, 5.41) is 7.21. The van der Waals surface area contributed by atoms with Crippen molar-refractivity contribution in [2.45, 2.75) is 19.9 Å². The van der Waals surface area contributed by atoms with Crippen molar-refractivity contribution in [3.05, 3.63) is 51.8 Å². The van der Waals surface area contributed by atoms with Crippen molar-refractivity contribution >= 4 is 34.8 Å². The Kier molecular flexibility index (Phi) is 5.65. The van der Waals surface area contributed by atoms with Gasteiger partial charge in [-0.15, -0.1) is 0 Å². The molecule has 0 amide bonds. The van der Waals surface area contributed by atoms with Gasteiger partial charge in [-0.1, -0.05) is 42.3 Å². The van der Waals surface area contributed by atoms with Crippen LogP contribution in [0.25, 0.3) is 0 Å². The highest BCUT2D eigenvalue weighted by atomic mass is 35.5. The van der Waals surface area contributed by atoms with Crippen molar-refractivity contribution in [1.82, 2.24) is 4.98 Å². The number of hydrogen-bond acceptors (Lipinski definition) is 3. The Morgan fingerprint density at radius 3 is 2.29 bits per heavy atom. The number of halogens is 3. The Hall–Kier alpha value is -1.52. The molecule has 0 aliphatic heterocycles. The van der Waals surface area contributed by atoms with E-state index in [0.29, 0.717) is 28.2 Å². The molecule has 0 saturated carbocycles. The number of anilines is 2. The molecule has 3 nitrogen and oxygen atoms in total. The molecule has 0 spiro atoms. The minimum absolute atomic E-state index is 0.257. The molecule has 0 fully saturated rings. The molecule has 2 N–H and O–H groups in total. The number of hydrogen-bond donors (Lipinski definition) is 2. The number of aromatic nitrogens is 1. The van der Waals surface area contributed by atoms with Gasteiger partial charge in [-0.05, 0) is 30.2 Å². The van der Waals surface area contributed by atoms with E-state index >= 15 is 0 Å². The summed E-state index contributed by atoms with van der Waals surface area (Å²) in [5.74, 6) is 0.890. The van der Waals surface area contributed by atoms with Crippen LogP contribution in [0.2, 0.25) is 10.0 Å². The standard InChI is InChI=1S/C15H16Cl2FN3/c1-2-7-19-14-12(16)8-13(17)15(21-14)20-9-10-3-5-11(18)6-4-10/h3-6,8H,2,7,9H2,1H3,(H2,19,20,21). The van der Waals surface area contributed by atoms with E-state index in [1.165, 1.54) is 12.1 Å². The third-order valence-electron chi connectivity index (χ3n) is 2.85. The summed E-state index contributed by atoms with van der Waals surface area (Å²) >= 11 is 12.2. The average molecular weight is 328 g/mol. The second kappa shape index (κ2) is 7.48. The quantitative estimate of drug-likeness (QED) is 0.787. The van der Waals surface area contributed by atoms with E-state index in [1.807, 2.05) is 0 Å². The minimum Gasteiger partial charge on any atom is -0.369 e. The molecule has 2 aromatic rings. The molecule has 0 aliphatic rings. The Labute approximate surface area is 133 Å². The van der Waals surface area contributed by atoms with E-state index in [9.17, 15) is 4.39 Å². The molecule has 6 heteroatoms. The molecule has 2 rings (SSSR count). The van der Waals surface area contributed by atoms with Crippen LogP contribution < -0.4 is 10.6 Å². The fraction of sp³-hybridized carbons (Fsp3) is 0.267. The van der Waals surface area contributed by atoms with E-state index in [2.05, 4.69) is 22.5 Å². The second-order valence-electron chi connectivity index (χ2n) is 4.56. The maximum absolute atomic E-state index is 12.9. The van der Waals surface area contributed by atoms with E-state index in [1.54, 1.807) is 18.2 Å². The van der Waals surface area contributed by atoms with Gasteiger partial charge in [0.1, 0.15) is 17.5 Å². The highest BCUT2D eigenvalue weighted by Gasteiger charge is 2.09. The summed E-state index contributed by atoms with van der Waals surface area (Å²) in [6.07, 6.45) is 0.971. The van der Waals surface area contributed by atoms with Crippen LogP contribution in [0.15, 0.2) is 30.3 Å². The van der Waals surface area contributed by atoms with Gasteiger partial charge in [-0.3, -0.25) is 0 Å². The lowest BCUT2D eigenvalue weighted by Gasteiger charge is -2.12. The molecule has 0 aliphatic carbocycles. The summed E-state index contributed by atoms with van der Waals surface area (Å²) in [5.41, 5.74) is 0.937. The predicted octanol–water partition coefficient (Wildman–Crippen LogP) is 4.96. The summed E-state index contributed by atoms with van der Waals surface area (Å²) in [7, 11) is 0. The van der Waals surface area contributed by atoms with Crippen LogP contribution in [-0.4, -0.2) is 11.5 Å². The van der Waals surface area contributed by atoms with Crippen molar-refractivity contribution in [3.8, 4) is 0 Å². The molecular formula is C15H16Cl2FN3. The van der Waals surface area contributed by atoms with Gasteiger partial charge in [0, 0.05) is 13.1 Å². The fourth-order valence-corrected chi connectivity index (χ4v) is 2.24. The van der Waals surface area contributed by atoms with Crippen LogP contribution in [-0.2, 0) is 6.54 Å². The highest BCUT2D eigenvalue weighted by Crippen LogP contribution is 2.29. The lowest BCUT2D eigenvalue weighted by Crippen LogP contribution is -2.07. The molecule has 1 aromatic heterocycles. The molecule has 0 unspecified atom stereocenters. The molecule has 0 atom stereocenters. The summed E-state index contributed by atoms with van der Waals surface area (Å²) in [4.78, 5) is 4.38. The Morgan fingerprint density at radius 2 is 1.67 bits per heavy atom. The van der Waals surface area contributed by atoms with Gasteiger partial charge in [-0.2, -0.15) is 0 Å². The Balaban J connectivity index is 2.09. The third-order valence-corrected chi connectivity index (χ3v) is 3.42. The van der Waals surface area contributed by atoms with Crippen molar-refractivity contribution in [1.29, 1.82) is 0 Å². The molecule has 21 heavy (non-hydrogen) atoms. The van der Waals surface area contributed by atoms with Crippen molar-refractivity contribution in [3.63, 3.8) is 0 Å². The van der Waals surface area contributed by atoms with Gasteiger partial charge in [-0.25, -0.2) is 9.37 Å². The van der Waals surface area contributed by atoms with E-state index in [-0.39, 0.29) is 5.82 Å². The molecule has 0 bridgehead atoms. The van der Waals surface area contributed by atoms with Crippen LogP contribution in [0.4, 0.5) is 16.0 Å². The summed E-state index contributed by atoms with van der Waals surface area (Å²) in [6.45, 7) is 3.35. The SMILES string of the molecule is CCCNc1nc(NCc2ccc(F)cc2)c(Cl)cc1Cl. The zero-order valence-electron chi connectivity index (χ0n) is 11.6. The topological polar surface area (TPSA) is 37.0 Å². The largest absolute Gasteiger partial charge is 0.369 e. The molecular weight excluding hydrogens is 312 g/mol. The molecule has 1 aromatic carbocycles. The maximum Gasteiger partial charge on any atom is 0.147 e. The molecule has 1 heterocycles. The Bertz CT molecular complexity index is 603. The summed E-state index contributed by atoms with van der Waals surface area (Å²) in [6, 6.07) is 7.91. The van der Waals surface area contributed by atoms with Gasteiger partial charge < -0.3 is 10.6 Å². The van der Waals surface area contributed by atoms with Gasteiger partial charge in [0.2, 0.25) is 0 Å². The first-order valence-corrected chi connectivity index (χ1v) is 7.44. The number of nitrogens with one attached hydrogen (secondary N) is 2. The minimum atomic E-state index is -0.257. The second-order valence-corrected chi connectivity index (χ2v) is 5.37. The van der Waals surface area contributed by atoms with E-state index in [4.69, 9.17) is 23.2 Å². The molecule has 112 valence electrons. The van der Waals surface area contributed by atoms with Gasteiger partial charge in [0.05, 0.1) is 10.0 Å². The van der Waals surface area contributed by atoms with Crippen molar-refractivity contribution in [2.75, 3.05) is 17.2 Å². The smallest absolute Gasteiger partial charge is 0.147 e. The number of nitrogens with zero attached hydrogens (tertiary/aromatic N) is 1. The first-order valence-electron chi connectivity index (χ1n) is 6.68. The zero-order chi connectivity index (χ0) is 15.2. The third kappa shape index (κ3) is 4.48. The average Bonchev–Trinajstić information content (AvgIpc) is 2.47. The lowest BCUT2D eigenvalue weighted by atomic mass is 10.2. The first kappa shape index (κ1) is 15.9. The van der Waals surface area contributed by atoms with Crippen molar-refractivity contribution < 1.29 is 4.39 Å². The molecule has 0 radical (unpaired) electrons. The van der Waals surface area contributed by atoms with Crippen LogP contribution in [0.1, 0.15) is 18.9 Å². The van der Waals surface area contributed by atoms with Gasteiger partial charge >= 0.3 is 0 Å². The van der Waals surface area contributed by atoms with Crippen LogP contribution >= 0.6 is 23.2 Å². The van der Waals surface area contributed by atoms with Crippen LogP contribution in [0.3, 0.4) is 0 Å². The zero-order valence-corrected chi connectivity index (χ0v) is 13.1. The molecule has 0 saturated heterocycles. The van der Waals surface area contributed by atoms with Crippen molar-refractivity contribution in [2.24, 2.45) is 0 Å². The Morgan fingerprint density at radius 1 is 1.05 bits per heavy atom. The van der Waals surface area contributed by atoms with Crippen LogP contribution in [0.5, 0.6) is 0 Å². The normalized spacial score (nSPS) is 10.5. The van der Waals surface area contributed by atoms with E-state index < -0.39 is 0 Å².